The highest BCUT2D eigenvalue weighted by Crippen LogP contribution is 2.27. The molecule has 2 N–H and O–H groups in total. The van der Waals surface area contributed by atoms with Crippen LogP contribution in [0.5, 0.6) is 0 Å². The van der Waals surface area contributed by atoms with Crippen LogP contribution in [0.15, 0.2) is 16.8 Å². The van der Waals surface area contributed by atoms with Crippen molar-refractivity contribution >= 4 is 35.2 Å². The predicted octanol–water partition coefficient (Wildman–Crippen LogP) is 1.46. The molecule has 9 nitrogen and oxygen atoms in total. The molecule has 10 heteroatoms. The average Bonchev–Trinajstić information content (AvgIpc) is 2.92. The second-order valence-electron chi connectivity index (χ2n) is 6.84. The number of fused-ring (bicyclic) bond motifs is 3. The van der Waals surface area contributed by atoms with Crippen LogP contribution in [0, 0.1) is 6.92 Å². The van der Waals surface area contributed by atoms with Crippen LogP contribution in [0.1, 0.15) is 35.6 Å². The number of nitrogens with zero attached hydrogens (tertiary/aromatic N) is 5. The second-order valence-corrected chi connectivity index (χ2v) is 8.03. The molecule has 0 radical (unpaired) electrons. The Morgan fingerprint density at radius 2 is 2.00 bits per heavy atom. The van der Waals surface area contributed by atoms with Crippen molar-refractivity contribution in [1.29, 1.82) is 0 Å². The SMILES string of the molecule is Cc1nc2nc(CC3SCC(C(=O)O)=NC=C3C(=O)O)nn2c2c1CCCC2. The lowest BCUT2D eigenvalue weighted by Gasteiger charge is -2.17. The molecule has 146 valence electrons. The van der Waals surface area contributed by atoms with Crippen LogP contribution in [0.4, 0.5) is 0 Å². The third-order valence-electron chi connectivity index (χ3n) is 5.02. The largest absolute Gasteiger partial charge is 0.478 e. The van der Waals surface area contributed by atoms with Gasteiger partial charge in [0.15, 0.2) is 5.82 Å². The van der Waals surface area contributed by atoms with Gasteiger partial charge in [-0.05, 0) is 38.2 Å². The monoisotopic (exact) mass is 401 g/mol. The van der Waals surface area contributed by atoms with E-state index in [1.807, 2.05) is 6.92 Å². The lowest BCUT2D eigenvalue weighted by molar-refractivity contribution is -0.133. The van der Waals surface area contributed by atoms with Crippen molar-refractivity contribution < 1.29 is 19.8 Å². The van der Waals surface area contributed by atoms with Gasteiger partial charge in [-0.3, -0.25) is 4.99 Å². The number of aryl methyl sites for hydroxylation is 2. The number of carbonyl (C=O) groups is 2. The lowest BCUT2D eigenvalue weighted by atomic mass is 9.95. The molecule has 2 aliphatic rings. The second kappa shape index (κ2) is 7.34. The smallest absolute Gasteiger partial charge is 0.351 e. The molecule has 0 saturated heterocycles. The van der Waals surface area contributed by atoms with Crippen LogP contribution < -0.4 is 0 Å². The van der Waals surface area contributed by atoms with E-state index in [2.05, 4.69) is 20.1 Å². The van der Waals surface area contributed by atoms with Gasteiger partial charge in [0.25, 0.3) is 5.78 Å². The van der Waals surface area contributed by atoms with Crippen LogP contribution in [-0.4, -0.2) is 58.4 Å². The van der Waals surface area contributed by atoms with Gasteiger partial charge in [-0.1, -0.05) is 0 Å². The van der Waals surface area contributed by atoms with Gasteiger partial charge in [0.05, 0.1) is 11.3 Å². The number of thioether (sulfide) groups is 1. The molecule has 3 heterocycles. The molecule has 0 saturated carbocycles. The molecule has 0 amide bonds. The van der Waals surface area contributed by atoms with E-state index in [0.29, 0.717) is 11.6 Å². The molecule has 0 fully saturated rings. The maximum atomic E-state index is 11.6. The van der Waals surface area contributed by atoms with Crippen LogP contribution in [0.3, 0.4) is 0 Å². The molecule has 1 atom stereocenters. The van der Waals surface area contributed by atoms with E-state index in [-0.39, 0.29) is 23.5 Å². The van der Waals surface area contributed by atoms with Crippen molar-refractivity contribution in [2.45, 2.75) is 44.3 Å². The third-order valence-corrected chi connectivity index (χ3v) is 6.29. The van der Waals surface area contributed by atoms with E-state index in [9.17, 15) is 14.7 Å². The summed E-state index contributed by atoms with van der Waals surface area (Å²) in [5.41, 5.74) is 3.30. The molecule has 0 spiro atoms. The van der Waals surface area contributed by atoms with Gasteiger partial charge in [-0.15, -0.1) is 16.9 Å². The summed E-state index contributed by atoms with van der Waals surface area (Å²) in [5.74, 6) is -1.13. The number of carboxylic acids is 2. The molecule has 1 aliphatic carbocycles. The van der Waals surface area contributed by atoms with Gasteiger partial charge in [0.1, 0.15) is 5.71 Å². The summed E-state index contributed by atoms with van der Waals surface area (Å²) in [7, 11) is 0. The Kier molecular flexibility index (Phi) is 4.88. The van der Waals surface area contributed by atoms with Crippen LogP contribution in [0.25, 0.3) is 5.78 Å². The van der Waals surface area contributed by atoms with Crippen LogP contribution in [0.2, 0.25) is 0 Å². The zero-order chi connectivity index (χ0) is 19.8. The highest BCUT2D eigenvalue weighted by Gasteiger charge is 2.28. The van der Waals surface area contributed by atoms with Crippen molar-refractivity contribution in [2.24, 2.45) is 4.99 Å². The zero-order valence-electron chi connectivity index (χ0n) is 15.3. The highest BCUT2D eigenvalue weighted by atomic mass is 32.2. The molecule has 0 bridgehead atoms. The van der Waals surface area contributed by atoms with Crippen molar-refractivity contribution in [1.82, 2.24) is 19.6 Å². The summed E-state index contributed by atoms with van der Waals surface area (Å²) in [6.07, 6.45) is 5.55. The first-order valence-electron chi connectivity index (χ1n) is 9.03. The Morgan fingerprint density at radius 3 is 2.75 bits per heavy atom. The fourth-order valence-electron chi connectivity index (χ4n) is 3.60. The Morgan fingerprint density at radius 1 is 1.21 bits per heavy atom. The first-order chi connectivity index (χ1) is 13.4. The van der Waals surface area contributed by atoms with Crippen molar-refractivity contribution in [2.75, 3.05) is 5.75 Å². The number of rotatable bonds is 4. The fourth-order valence-corrected chi connectivity index (χ4v) is 4.76. The van der Waals surface area contributed by atoms with E-state index in [1.54, 1.807) is 4.52 Å². The summed E-state index contributed by atoms with van der Waals surface area (Å²) >= 11 is 1.22. The first kappa shape index (κ1) is 18.6. The van der Waals surface area contributed by atoms with Gasteiger partial charge in [-0.2, -0.15) is 4.98 Å². The molecule has 28 heavy (non-hydrogen) atoms. The Hall–Kier alpha value is -2.75. The number of carboxylic acid groups (broad SMARTS) is 2. The Balaban J connectivity index is 1.66. The van der Waals surface area contributed by atoms with Crippen molar-refractivity contribution in [3.05, 3.63) is 34.5 Å². The fraction of sp³-hybridized carbons (Fsp3) is 0.444. The summed E-state index contributed by atoms with van der Waals surface area (Å²) in [4.78, 5) is 35.7. The maximum absolute atomic E-state index is 11.6. The number of aliphatic carboxylic acids is 2. The van der Waals surface area contributed by atoms with Crippen LogP contribution >= 0.6 is 11.8 Å². The molecule has 2 aromatic rings. The Labute approximate surface area is 164 Å². The first-order valence-corrected chi connectivity index (χ1v) is 10.1. The zero-order valence-corrected chi connectivity index (χ0v) is 16.1. The number of hydrogen-bond acceptors (Lipinski definition) is 7. The summed E-state index contributed by atoms with van der Waals surface area (Å²) in [6.45, 7) is 1.98. The molecule has 0 aromatic carbocycles. The standard InChI is InChI=1S/C18H19N5O4S/c1-9-10-4-2-3-5-13(10)23-18(20-9)21-15(22-23)6-14-11(16(24)25)7-19-12(8-28-14)17(26)27/h7,14H,2-6,8H2,1H3,(H,24,25)(H,26,27). The van der Waals surface area contributed by atoms with Crippen molar-refractivity contribution in [3.63, 3.8) is 0 Å². The number of aliphatic imine (C=N–C) groups is 1. The van der Waals surface area contributed by atoms with Crippen molar-refractivity contribution in [3.8, 4) is 0 Å². The quantitative estimate of drug-likeness (QED) is 0.787. The van der Waals surface area contributed by atoms with E-state index >= 15 is 0 Å². The number of hydrogen-bond donors (Lipinski definition) is 2. The summed E-state index contributed by atoms with van der Waals surface area (Å²) in [6, 6.07) is 0. The van der Waals surface area contributed by atoms with Gasteiger partial charge >= 0.3 is 11.9 Å². The molecule has 4 rings (SSSR count). The predicted molar refractivity (Wildman–Crippen MR) is 103 cm³/mol. The average molecular weight is 401 g/mol. The lowest BCUT2D eigenvalue weighted by Crippen LogP contribution is -2.20. The minimum atomic E-state index is -1.15. The van der Waals surface area contributed by atoms with Gasteiger partial charge < -0.3 is 10.2 Å². The van der Waals surface area contributed by atoms with E-state index in [4.69, 9.17) is 5.11 Å². The summed E-state index contributed by atoms with van der Waals surface area (Å²) < 4.78 is 1.78. The van der Waals surface area contributed by atoms with Gasteiger partial charge in [0, 0.05) is 29.3 Å². The molecule has 2 aromatic heterocycles. The molecule has 1 aliphatic heterocycles. The molecular weight excluding hydrogens is 382 g/mol. The van der Waals surface area contributed by atoms with Gasteiger partial charge in [-0.25, -0.2) is 19.1 Å². The minimum absolute atomic E-state index is 0.0475. The van der Waals surface area contributed by atoms with E-state index in [0.717, 1.165) is 43.3 Å². The van der Waals surface area contributed by atoms with E-state index < -0.39 is 17.2 Å². The molecule has 1 unspecified atom stereocenters. The summed E-state index contributed by atoms with van der Waals surface area (Å²) in [5, 5.41) is 22.8. The maximum Gasteiger partial charge on any atom is 0.351 e. The molecular formula is C18H19N5O4S. The normalized spacial score (nSPS) is 19.5. The minimum Gasteiger partial charge on any atom is -0.478 e. The van der Waals surface area contributed by atoms with Crippen LogP contribution in [-0.2, 0) is 28.9 Å². The van der Waals surface area contributed by atoms with Gasteiger partial charge in [0.2, 0.25) is 0 Å². The van der Waals surface area contributed by atoms with E-state index in [1.165, 1.54) is 17.3 Å². The highest BCUT2D eigenvalue weighted by molar-refractivity contribution is 8.00. The topological polar surface area (TPSA) is 130 Å². The third kappa shape index (κ3) is 3.39. The Bertz CT molecular complexity index is 1040. The number of aromatic nitrogens is 4.